The Bertz CT molecular complexity index is 382. The summed E-state index contributed by atoms with van der Waals surface area (Å²) in [4.78, 5) is 2.39. The zero-order valence-electron chi connectivity index (χ0n) is 11.4. The van der Waals surface area contributed by atoms with Gasteiger partial charge in [-0.2, -0.15) is 0 Å². The summed E-state index contributed by atoms with van der Waals surface area (Å²) in [5, 5.41) is 10.0. The van der Waals surface area contributed by atoms with Gasteiger partial charge in [-0.3, -0.25) is 0 Å². The van der Waals surface area contributed by atoms with Gasteiger partial charge in [0, 0.05) is 24.3 Å². The third kappa shape index (κ3) is 2.78. The molecule has 0 unspecified atom stereocenters. The molecular formula is C15H23NO2. The summed E-state index contributed by atoms with van der Waals surface area (Å²) in [6.45, 7) is 3.96. The van der Waals surface area contributed by atoms with E-state index in [0.29, 0.717) is 0 Å². The first-order valence-electron chi connectivity index (χ1n) is 6.84. The predicted octanol–water partition coefficient (Wildman–Crippen LogP) is 3.13. The Kier molecular flexibility index (Phi) is 4.48. The highest BCUT2D eigenvalue weighted by Gasteiger charge is 2.19. The number of hydrogen-bond donors (Lipinski definition) is 1. The molecule has 3 nitrogen and oxygen atoms in total. The van der Waals surface area contributed by atoms with E-state index in [2.05, 4.69) is 11.0 Å². The minimum atomic E-state index is -0.501. The first-order valence-corrected chi connectivity index (χ1v) is 6.84. The predicted molar refractivity (Wildman–Crippen MR) is 74.3 cm³/mol. The van der Waals surface area contributed by atoms with Crippen molar-refractivity contribution in [2.75, 3.05) is 25.1 Å². The second-order valence-electron chi connectivity index (χ2n) is 4.97. The van der Waals surface area contributed by atoms with E-state index in [0.717, 1.165) is 30.1 Å². The number of aliphatic hydroxyl groups is 1. The van der Waals surface area contributed by atoms with Crippen molar-refractivity contribution in [1.29, 1.82) is 0 Å². The Labute approximate surface area is 109 Å². The molecule has 1 fully saturated rings. The van der Waals surface area contributed by atoms with Crippen molar-refractivity contribution >= 4 is 5.69 Å². The lowest BCUT2D eigenvalue weighted by Gasteiger charge is -2.27. The van der Waals surface area contributed by atoms with Crippen LogP contribution in [-0.2, 0) is 0 Å². The molecule has 0 saturated carbocycles. The largest absolute Gasteiger partial charge is 0.496 e. The van der Waals surface area contributed by atoms with Gasteiger partial charge < -0.3 is 14.7 Å². The molecule has 0 aromatic heterocycles. The molecule has 1 atom stereocenters. The molecule has 1 aliphatic rings. The lowest BCUT2D eigenvalue weighted by atomic mass is 10.1. The average molecular weight is 249 g/mol. The summed E-state index contributed by atoms with van der Waals surface area (Å²) < 4.78 is 5.38. The number of benzene rings is 1. The van der Waals surface area contributed by atoms with Gasteiger partial charge in [-0.15, -0.1) is 0 Å². The van der Waals surface area contributed by atoms with Crippen LogP contribution in [0.1, 0.15) is 44.3 Å². The van der Waals surface area contributed by atoms with Crippen LogP contribution >= 0.6 is 0 Å². The Hall–Kier alpha value is -1.22. The van der Waals surface area contributed by atoms with E-state index in [-0.39, 0.29) is 0 Å². The normalized spacial score (nSPS) is 18.3. The molecule has 2 rings (SSSR count). The zero-order valence-corrected chi connectivity index (χ0v) is 11.4. The minimum absolute atomic E-state index is 0.501. The lowest BCUT2D eigenvalue weighted by Crippen LogP contribution is -2.25. The van der Waals surface area contributed by atoms with Gasteiger partial charge in [0.1, 0.15) is 5.75 Å². The van der Waals surface area contributed by atoms with Crippen molar-refractivity contribution in [3.63, 3.8) is 0 Å². The molecule has 1 heterocycles. The third-order valence-corrected chi connectivity index (χ3v) is 3.63. The molecule has 18 heavy (non-hydrogen) atoms. The molecule has 1 aliphatic heterocycles. The van der Waals surface area contributed by atoms with Crippen molar-refractivity contribution < 1.29 is 9.84 Å². The van der Waals surface area contributed by atoms with E-state index in [9.17, 15) is 5.11 Å². The number of hydrogen-bond acceptors (Lipinski definition) is 3. The maximum atomic E-state index is 10.0. The molecule has 0 radical (unpaired) electrons. The Morgan fingerprint density at radius 1 is 1.17 bits per heavy atom. The number of rotatable bonds is 3. The van der Waals surface area contributed by atoms with Gasteiger partial charge >= 0.3 is 0 Å². The fourth-order valence-corrected chi connectivity index (χ4v) is 2.72. The van der Waals surface area contributed by atoms with E-state index >= 15 is 0 Å². The SMILES string of the molecule is COc1cccc(N2CCCCCC2)c1[C@@H](C)O. The van der Waals surface area contributed by atoms with Crippen LogP contribution in [0, 0.1) is 0 Å². The zero-order chi connectivity index (χ0) is 13.0. The number of aliphatic hydroxyl groups excluding tert-OH is 1. The molecular weight excluding hydrogens is 226 g/mol. The van der Waals surface area contributed by atoms with E-state index in [1.54, 1.807) is 14.0 Å². The lowest BCUT2D eigenvalue weighted by molar-refractivity contribution is 0.194. The number of anilines is 1. The molecule has 1 saturated heterocycles. The topological polar surface area (TPSA) is 32.7 Å². The van der Waals surface area contributed by atoms with Crippen molar-refractivity contribution in [3.05, 3.63) is 23.8 Å². The number of nitrogens with zero attached hydrogens (tertiary/aromatic N) is 1. The molecule has 0 spiro atoms. The van der Waals surface area contributed by atoms with Gasteiger partial charge in [0.05, 0.1) is 13.2 Å². The fourth-order valence-electron chi connectivity index (χ4n) is 2.72. The van der Waals surface area contributed by atoms with Gasteiger partial charge in [0.2, 0.25) is 0 Å². The first kappa shape index (κ1) is 13.2. The Balaban J connectivity index is 2.35. The number of ether oxygens (including phenoxy) is 1. The van der Waals surface area contributed by atoms with E-state index < -0.39 is 6.10 Å². The van der Waals surface area contributed by atoms with Gasteiger partial charge in [-0.05, 0) is 31.9 Å². The summed E-state index contributed by atoms with van der Waals surface area (Å²) in [7, 11) is 1.66. The fraction of sp³-hybridized carbons (Fsp3) is 0.600. The van der Waals surface area contributed by atoms with Crippen LogP contribution in [0.2, 0.25) is 0 Å². The van der Waals surface area contributed by atoms with Crippen molar-refractivity contribution in [3.8, 4) is 5.75 Å². The van der Waals surface area contributed by atoms with Gasteiger partial charge in [-0.25, -0.2) is 0 Å². The maximum absolute atomic E-state index is 10.0. The highest BCUT2D eigenvalue weighted by molar-refractivity contribution is 5.60. The maximum Gasteiger partial charge on any atom is 0.126 e. The summed E-state index contributed by atoms with van der Waals surface area (Å²) in [5.41, 5.74) is 2.05. The monoisotopic (exact) mass is 249 g/mol. The molecule has 0 amide bonds. The van der Waals surface area contributed by atoms with Gasteiger partial charge in [0.15, 0.2) is 0 Å². The molecule has 0 aliphatic carbocycles. The second-order valence-corrected chi connectivity index (χ2v) is 4.97. The van der Waals surface area contributed by atoms with Crippen LogP contribution in [0.5, 0.6) is 5.75 Å². The smallest absolute Gasteiger partial charge is 0.126 e. The van der Waals surface area contributed by atoms with Crippen molar-refractivity contribution in [2.45, 2.75) is 38.7 Å². The van der Waals surface area contributed by atoms with Crippen LogP contribution in [0.4, 0.5) is 5.69 Å². The highest BCUT2D eigenvalue weighted by atomic mass is 16.5. The molecule has 3 heteroatoms. The van der Waals surface area contributed by atoms with E-state index in [1.807, 2.05) is 12.1 Å². The van der Waals surface area contributed by atoms with Crippen molar-refractivity contribution in [1.82, 2.24) is 0 Å². The van der Waals surface area contributed by atoms with Crippen LogP contribution in [-0.4, -0.2) is 25.3 Å². The van der Waals surface area contributed by atoms with Gasteiger partial charge in [-0.1, -0.05) is 18.9 Å². The molecule has 100 valence electrons. The average Bonchev–Trinajstić information content (AvgIpc) is 2.66. The molecule has 1 aromatic carbocycles. The highest BCUT2D eigenvalue weighted by Crippen LogP contribution is 2.35. The quantitative estimate of drug-likeness (QED) is 0.893. The first-order chi connectivity index (χ1) is 8.74. The Morgan fingerprint density at radius 3 is 2.39 bits per heavy atom. The number of methoxy groups -OCH3 is 1. The summed E-state index contributed by atoms with van der Waals surface area (Å²) in [5.74, 6) is 0.784. The van der Waals surface area contributed by atoms with Crippen LogP contribution < -0.4 is 9.64 Å². The van der Waals surface area contributed by atoms with Crippen LogP contribution in [0.15, 0.2) is 18.2 Å². The summed E-state index contributed by atoms with van der Waals surface area (Å²) in [6, 6.07) is 6.02. The molecule has 0 bridgehead atoms. The Morgan fingerprint density at radius 2 is 1.83 bits per heavy atom. The van der Waals surface area contributed by atoms with Crippen LogP contribution in [0.3, 0.4) is 0 Å². The minimum Gasteiger partial charge on any atom is -0.496 e. The van der Waals surface area contributed by atoms with Crippen molar-refractivity contribution in [2.24, 2.45) is 0 Å². The second kappa shape index (κ2) is 6.10. The molecule has 1 N–H and O–H groups in total. The van der Waals surface area contributed by atoms with E-state index in [4.69, 9.17) is 4.74 Å². The van der Waals surface area contributed by atoms with Gasteiger partial charge in [0.25, 0.3) is 0 Å². The summed E-state index contributed by atoms with van der Waals surface area (Å²) in [6.07, 6.45) is 4.58. The standard InChI is InChI=1S/C15H23NO2/c1-12(17)15-13(8-7-9-14(15)18-2)16-10-5-3-4-6-11-16/h7-9,12,17H,3-6,10-11H2,1-2H3/t12-/m1/s1. The third-order valence-electron chi connectivity index (χ3n) is 3.63. The van der Waals surface area contributed by atoms with E-state index in [1.165, 1.54) is 25.7 Å². The summed E-state index contributed by atoms with van der Waals surface area (Å²) >= 11 is 0. The molecule has 1 aromatic rings. The van der Waals surface area contributed by atoms with Crippen LogP contribution in [0.25, 0.3) is 0 Å².